The Bertz CT molecular complexity index is 1260. The third-order valence-electron chi connectivity index (χ3n) is 5.27. The van der Waals surface area contributed by atoms with Gasteiger partial charge in [0.05, 0.1) is 31.0 Å². The second-order valence-corrected chi connectivity index (χ2v) is 9.70. The predicted octanol–water partition coefficient (Wildman–Crippen LogP) is 4.10. The number of hydrogen-bond donors (Lipinski definition) is 4. The lowest BCUT2D eigenvalue weighted by Crippen LogP contribution is -2.49. The lowest BCUT2D eigenvalue weighted by molar-refractivity contribution is -0.128. The Morgan fingerprint density at radius 3 is 2.33 bits per heavy atom. The highest BCUT2D eigenvalue weighted by Crippen LogP contribution is 2.27. The summed E-state index contributed by atoms with van der Waals surface area (Å²) in [6, 6.07) is 13.5. The maximum atomic E-state index is 13.3. The first-order valence-corrected chi connectivity index (χ1v) is 13.3. The number of methoxy groups -OCH3 is 1. The molecule has 0 saturated heterocycles. The zero-order chi connectivity index (χ0) is 28.4. The maximum absolute atomic E-state index is 13.3. The third-order valence-corrected chi connectivity index (χ3v) is 6.50. The molecule has 3 aromatic rings. The van der Waals surface area contributed by atoms with Crippen molar-refractivity contribution in [1.29, 1.82) is 0 Å². The maximum Gasteiger partial charge on any atom is 0.407 e. The largest absolute Gasteiger partial charge is 0.453 e. The van der Waals surface area contributed by atoms with E-state index in [0.717, 1.165) is 24.0 Å². The second kappa shape index (κ2) is 14.0. The van der Waals surface area contributed by atoms with Crippen molar-refractivity contribution in [2.75, 3.05) is 12.6 Å². The normalized spacial score (nSPS) is 13.7. The van der Waals surface area contributed by atoms with E-state index in [9.17, 15) is 27.0 Å². The number of alkyl carbamates (subject to hydrolysis) is 1. The van der Waals surface area contributed by atoms with Crippen molar-refractivity contribution in [3.63, 3.8) is 0 Å². The highest BCUT2D eigenvalue weighted by molar-refractivity contribution is 7.74. The molecule has 15 heteroatoms. The number of carbonyl (C=O) groups is 2. The van der Waals surface area contributed by atoms with Crippen LogP contribution in [-0.4, -0.2) is 45.1 Å². The third kappa shape index (κ3) is 10.3. The summed E-state index contributed by atoms with van der Waals surface area (Å²) >= 11 is -1.55. The number of amides is 2. The number of alkyl halides is 3. The van der Waals surface area contributed by atoms with Gasteiger partial charge in [-0.3, -0.25) is 9.35 Å². The number of rotatable bonds is 12. The minimum atomic E-state index is -4.45. The summed E-state index contributed by atoms with van der Waals surface area (Å²) in [5.41, 5.74) is 3.91. The van der Waals surface area contributed by atoms with Crippen molar-refractivity contribution in [2.24, 2.45) is 0 Å². The van der Waals surface area contributed by atoms with E-state index in [0.29, 0.717) is 11.3 Å². The molecular formula is C24H25F3N4O6S2. The van der Waals surface area contributed by atoms with E-state index in [1.807, 2.05) is 0 Å². The molecular weight excluding hydrogens is 561 g/mol. The number of anilines is 1. The van der Waals surface area contributed by atoms with Crippen molar-refractivity contribution in [1.82, 2.24) is 15.6 Å². The van der Waals surface area contributed by atoms with Gasteiger partial charge in [0.15, 0.2) is 0 Å². The van der Waals surface area contributed by atoms with E-state index in [2.05, 4.69) is 30.1 Å². The zero-order valence-electron chi connectivity index (χ0n) is 20.4. The molecule has 39 heavy (non-hydrogen) atoms. The molecule has 0 aliphatic heterocycles. The minimum Gasteiger partial charge on any atom is -0.453 e. The molecule has 10 nitrogen and oxygen atoms in total. The molecule has 0 spiro atoms. The first kappa shape index (κ1) is 30.0. The SMILES string of the molecule is COC(=O)N[C@@H](Cc1ccccc1)C(=O)N[C@@H](Cc1ccc(NOS(=O)O)cc1)c1nc(CC(F)(F)F)cs1. The van der Waals surface area contributed by atoms with Crippen molar-refractivity contribution in [2.45, 2.75) is 37.5 Å². The van der Waals surface area contributed by atoms with Gasteiger partial charge < -0.3 is 15.4 Å². The predicted molar refractivity (Wildman–Crippen MR) is 138 cm³/mol. The molecule has 0 radical (unpaired) electrons. The Kier molecular flexibility index (Phi) is 10.8. The average molecular weight is 587 g/mol. The van der Waals surface area contributed by atoms with E-state index in [4.69, 9.17) is 4.55 Å². The van der Waals surface area contributed by atoms with Crippen molar-refractivity contribution in [3.8, 4) is 0 Å². The van der Waals surface area contributed by atoms with Gasteiger partial charge in [0.2, 0.25) is 5.91 Å². The van der Waals surface area contributed by atoms with Crippen LogP contribution in [0.1, 0.15) is 27.9 Å². The van der Waals surface area contributed by atoms with Crippen LogP contribution in [0.25, 0.3) is 0 Å². The van der Waals surface area contributed by atoms with Gasteiger partial charge in [-0.15, -0.1) is 15.6 Å². The first-order valence-electron chi connectivity index (χ1n) is 11.4. The molecule has 1 aromatic heterocycles. The number of ether oxygens (including phenoxy) is 1. The first-order chi connectivity index (χ1) is 18.5. The fraction of sp³-hybridized carbons (Fsp3) is 0.292. The van der Waals surface area contributed by atoms with Crippen LogP contribution < -0.4 is 16.1 Å². The molecule has 1 unspecified atom stereocenters. The number of nitrogens with one attached hydrogen (secondary N) is 3. The van der Waals surface area contributed by atoms with Gasteiger partial charge in [0.25, 0.3) is 0 Å². The number of thiazole rings is 1. The summed E-state index contributed by atoms with van der Waals surface area (Å²) in [5, 5.41) is 6.84. The van der Waals surface area contributed by atoms with Crippen LogP contribution in [0.3, 0.4) is 0 Å². The van der Waals surface area contributed by atoms with Gasteiger partial charge in [-0.2, -0.15) is 17.4 Å². The van der Waals surface area contributed by atoms with E-state index in [1.165, 1.54) is 5.38 Å². The molecule has 0 bridgehead atoms. The Morgan fingerprint density at radius 2 is 1.72 bits per heavy atom. The van der Waals surface area contributed by atoms with E-state index in [1.54, 1.807) is 54.6 Å². The molecule has 3 atom stereocenters. The number of hydrogen-bond acceptors (Lipinski definition) is 8. The summed E-state index contributed by atoms with van der Waals surface area (Å²) in [5.74, 6) is -0.584. The monoisotopic (exact) mass is 586 g/mol. The Hall–Kier alpha value is -3.53. The van der Waals surface area contributed by atoms with Gasteiger partial charge in [-0.25, -0.2) is 15.3 Å². The lowest BCUT2D eigenvalue weighted by Gasteiger charge is -2.22. The highest BCUT2D eigenvalue weighted by Gasteiger charge is 2.31. The van der Waals surface area contributed by atoms with E-state index < -0.39 is 48.0 Å². The topological polar surface area (TPSA) is 139 Å². The number of benzene rings is 2. The molecule has 0 aliphatic carbocycles. The summed E-state index contributed by atoms with van der Waals surface area (Å²) < 4.78 is 67.2. The fourth-order valence-corrected chi connectivity index (χ4v) is 4.57. The van der Waals surface area contributed by atoms with Gasteiger partial charge in [-0.1, -0.05) is 42.5 Å². The Labute approximate surface area is 228 Å². The van der Waals surface area contributed by atoms with E-state index >= 15 is 0 Å². The van der Waals surface area contributed by atoms with Crippen molar-refractivity contribution in [3.05, 3.63) is 81.8 Å². The number of halogens is 3. The van der Waals surface area contributed by atoms with Gasteiger partial charge in [-0.05, 0) is 29.7 Å². The number of carbonyl (C=O) groups excluding carboxylic acids is 2. The molecule has 4 N–H and O–H groups in total. The van der Waals surface area contributed by atoms with Crippen LogP contribution in [0.4, 0.5) is 23.7 Å². The summed E-state index contributed by atoms with van der Waals surface area (Å²) in [6.45, 7) is 0. The van der Waals surface area contributed by atoms with Crippen LogP contribution in [0.15, 0.2) is 60.0 Å². The molecule has 0 fully saturated rings. The van der Waals surface area contributed by atoms with Gasteiger partial charge >= 0.3 is 23.6 Å². The van der Waals surface area contributed by atoms with Crippen molar-refractivity contribution < 1.29 is 40.5 Å². The molecule has 0 saturated carbocycles. The molecule has 1 heterocycles. The Balaban J connectivity index is 1.84. The van der Waals surface area contributed by atoms with Crippen LogP contribution in [0, 0.1) is 0 Å². The molecule has 2 amide bonds. The molecule has 0 aliphatic rings. The summed E-state index contributed by atoms with van der Waals surface area (Å²) in [4.78, 5) is 29.4. The summed E-state index contributed by atoms with van der Waals surface area (Å²) in [6.07, 6.45) is -6.19. The van der Waals surface area contributed by atoms with Gasteiger partial charge in [0.1, 0.15) is 11.0 Å². The molecule has 2 aromatic carbocycles. The highest BCUT2D eigenvalue weighted by atomic mass is 32.2. The van der Waals surface area contributed by atoms with Crippen LogP contribution >= 0.6 is 11.3 Å². The lowest BCUT2D eigenvalue weighted by atomic mass is 10.0. The standard InChI is InChI=1S/C24H25F3N4O6S2/c1-36-23(33)30-19(11-15-5-3-2-4-6-15)21(32)29-20(22-28-18(14-38-22)13-24(25,26)27)12-16-7-9-17(10-8-16)31-37-39(34)35/h2-10,14,19-20,31H,11-13H2,1H3,(H,29,32)(H,30,33)(H,34,35)/t19-,20-/m0/s1. The van der Waals surface area contributed by atoms with Crippen LogP contribution in [0.2, 0.25) is 0 Å². The fourth-order valence-electron chi connectivity index (χ4n) is 3.53. The smallest absolute Gasteiger partial charge is 0.407 e. The zero-order valence-corrected chi connectivity index (χ0v) is 22.1. The molecule has 3 rings (SSSR count). The second-order valence-electron chi connectivity index (χ2n) is 8.21. The van der Waals surface area contributed by atoms with Crippen molar-refractivity contribution >= 4 is 40.4 Å². The average Bonchev–Trinajstić information content (AvgIpc) is 3.34. The quantitative estimate of drug-likeness (QED) is 0.184. The minimum absolute atomic E-state index is 0.137. The summed E-state index contributed by atoms with van der Waals surface area (Å²) in [7, 11) is 1.16. The van der Waals surface area contributed by atoms with E-state index in [-0.39, 0.29) is 23.5 Å². The number of aromatic nitrogens is 1. The Morgan fingerprint density at radius 1 is 1.05 bits per heavy atom. The number of nitrogens with zero attached hydrogens (tertiary/aromatic N) is 1. The van der Waals surface area contributed by atoms with Gasteiger partial charge in [0, 0.05) is 11.8 Å². The van der Waals surface area contributed by atoms with Crippen LogP contribution in [-0.2, 0) is 44.4 Å². The van der Waals surface area contributed by atoms with Crippen LogP contribution in [0.5, 0.6) is 0 Å². The molecule has 210 valence electrons.